The Labute approximate surface area is 131 Å². The maximum absolute atomic E-state index is 5.57. The van der Waals surface area contributed by atoms with E-state index in [4.69, 9.17) is 4.42 Å². The molecule has 6 heteroatoms. The fourth-order valence-corrected chi connectivity index (χ4v) is 3.08. The van der Waals surface area contributed by atoms with Crippen LogP contribution in [0, 0.1) is 6.92 Å². The Hall–Kier alpha value is -1.66. The van der Waals surface area contributed by atoms with Crippen LogP contribution in [0.15, 0.2) is 23.0 Å². The van der Waals surface area contributed by atoms with Crippen molar-refractivity contribution in [2.24, 2.45) is 7.05 Å². The molecule has 6 nitrogen and oxygen atoms in total. The average molecular weight is 303 g/mol. The molecule has 0 radical (unpaired) electrons. The maximum atomic E-state index is 5.57. The van der Waals surface area contributed by atoms with Gasteiger partial charge in [-0.15, -0.1) is 0 Å². The van der Waals surface area contributed by atoms with Crippen LogP contribution in [0.25, 0.3) is 0 Å². The van der Waals surface area contributed by atoms with Crippen LogP contribution in [0.4, 0.5) is 0 Å². The predicted molar refractivity (Wildman–Crippen MR) is 84.5 cm³/mol. The number of likely N-dealkylation sites (tertiary alicyclic amines) is 1. The molecule has 1 aliphatic heterocycles. The number of hydrogen-bond acceptors (Lipinski definition) is 5. The Morgan fingerprint density at radius 3 is 2.95 bits per heavy atom. The number of oxazole rings is 1. The maximum Gasteiger partial charge on any atom is 0.208 e. The Bertz CT molecular complexity index is 605. The Morgan fingerprint density at radius 2 is 2.27 bits per heavy atom. The van der Waals surface area contributed by atoms with E-state index in [1.807, 2.05) is 24.9 Å². The minimum absolute atomic E-state index is 0.584. The Kier molecular flexibility index (Phi) is 4.59. The number of hydrogen-bond donors (Lipinski definition) is 0. The molecule has 1 aliphatic rings. The summed E-state index contributed by atoms with van der Waals surface area (Å²) in [6, 6.07) is 0.584. The molecule has 0 saturated carbocycles. The molecule has 0 aliphatic carbocycles. The number of aromatic nitrogens is 3. The van der Waals surface area contributed by atoms with Crippen LogP contribution in [0.2, 0.25) is 0 Å². The zero-order valence-corrected chi connectivity index (χ0v) is 13.7. The third kappa shape index (κ3) is 3.75. The number of rotatable bonds is 6. The van der Waals surface area contributed by atoms with E-state index in [-0.39, 0.29) is 0 Å². The van der Waals surface area contributed by atoms with E-state index in [0.29, 0.717) is 6.04 Å². The van der Waals surface area contributed by atoms with Gasteiger partial charge < -0.3 is 9.32 Å². The van der Waals surface area contributed by atoms with Crippen molar-refractivity contribution in [3.05, 3.63) is 35.8 Å². The first-order valence-corrected chi connectivity index (χ1v) is 7.91. The van der Waals surface area contributed by atoms with E-state index in [1.165, 1.54) is 18.5 Å². The van der Waals surface area contributed by atoms with Gasteiger partial charge in [-0.25, -0.2) is 4.98 Å². The van der Waals surface area contributed by atoms with Crippen LogP contribution in [0.5, 0.6) is 0 Å². The van der Waals surface area contributed by atoms with Gasteiger partial charge in [-0.2, -0.15) is 5.10 Å². The van der Waals surface area contributed by atoms with E-state index in [2.05, 4.69) is 33.1 Å². The van der Waals surface area contributed by atoms with Crippen molar-refractivity contribution in [2.75, 3.05) is 26.7 Å². The van der Waals surface area contributed by atoms with E-state index >= 15 is 0 Å². The van der Waals surface area contributed by atoms with Crippen molar-refractivity contribution in [1.82, 2.24) is 24.6 Å². The van der Waals surface area contributed by atoms with Gasteiger partial charge in [-0.05, 0) is 38.9 Å². The molecule has 0 spiro atoms. The molecule has 120 valence electrons. The Balaban J connectivity index is 1.45. The van der Waals surface area contributed by atoms with Crippen LogP contribution in [0.3, 0.4) is 0 Å². The van der Waals surface area contributed by atoms with Crippen molar-refractivity contribution in [1.29, 1.82) is 0 Å². The lowest BCUT2D eigenvalue weighted by Crippen LogP contribution is -2.34. The second-order valence-electron chi connectivity index (χ2n) is 6.30. The third-order valence-corrected chi connectivity index (χ3v) is 4.40. The van der Waals surface area contributed by atoms with Crippen molar-refractivity contribution in [3.63, 3.8) is 0 Å². The standard InChI is InChI=1S/C16H25N5O/c1-13-8-17-16(22-13)12-19(2)15-5-7-21(11-15)6-4-14-9-18-20(3)10-14/h8-10,15H,4-7,11-12H2,1-3H3/t15-/m0/s1. The number of nitrogens with zero attached hydrogens (tertiary/aromatic N) is 5. The van der Waals surface area contributed by atoms with Crippen LogP contribution >= 0.6 is 0 Å². The normalized spacial score (nSPS) is 19.4. The summed E-state index contributed by atoms with van der Waals surface area (Å²) in [5.74, 6) is 1.70. The van der Waals surface area contributed by atoms with E-state index < -0.39 is 0 Å². The zero-order chi connectivity index (χ0) is 15.5. The molecule has 0 bridgehead atoms. The summed E-state index contributed by atoms with van der Waals surface area (Å²) >= 11 is 0. The molecule has 3 rings (SSSR count). The molecule has 0 N–H and O–H groups in total. The van der Waals surface area contributed by atoms with E-state index in [0.717, 1.165) is 37.7 Å². The van der Waals surface area contributed by atoms with Gasteiger partial charge in [0.2, 0.25) is 5.89 Å². The molecule has 0 amide bonds. The summed E-state index contributed by atoms with van der Waals surface area (Å²) in [5, 5.41) is 4.23. The van der Waals surface area contributed by atoms with Gasteiger partial charge in [0.05, 0.1) is 18.9 Å². The van der Waals surface area contributed by atoms with Gasteiger partial charge in [0, 0.05) is 32.4 Å². The van der Waals surface area contributed by atoms with Crippen LogP contribution < -0.4 is 0 Å². The molecule has 0 unspecified atom stereocenters. The van der Waals surface area contributed by atoms with Crippen LogP contribution in [-0.4, -0.2) is 57.3 Å². The van der Waals surface area contributed by atoms with Crippen molar-refractivity contribution in [3.8, 4) is 0 Å². The molecule has 2 aromatic rings. The van der Waals surface area contributed by atoms with E-state index in [9.17, 15) is 0 Å². The quantitative estimate of drug-likeness (QED) is 0.809. The molecule has 3 heterocycles. The minimum atomic E-state index is 0.584. The van der Waals surface area contributed by atoms with Gasteiger partial charge in [0.25, 0.3) is 0 Å². The summed E-state index contributed by atoms with van der Waals surface area (Å²) < 4.78 is 7.44. The largest absolute Gasteiger partial charge is 0.445 e. The highest BCUT2D eigenvalue weighted by molar-refractivity contribution is 5.04. The second kappa shape index (κ2) is 6.62. The molecule has 0 aromatic carbocycles. The summed E-state index contributed by atoms with van der Waals surface area (Å²) in [4.78, 5) is 9.19. The van der Waals surface area contributed by atoms with Gasteiger partial charge in [-0.3, -0.25) is 9.58 Å². The van der Waals surface area contributed by atoms with Crippen LogP contribution in [0.1, 0.15) is 23.6 Å². The van der Waals surface area contributed by atoms with Crippen LogP contribution in [-0.2, 0) is 20.0 Å². The summed E-state index contributed by atoms with van der Waals surface area (Å²) in [6.45, 7) is 6.12. The highest BCUT2D eigenvalue weighted by Crippen LogP contribution is 2.17. The summed E-state index contributed by atoms with van der Waals surface area (Å²) in [5.41, 5.74) is 1.31. The molecular weight excluding hydrogens is 278 g/mol. The topological polar surface area (TPSA) is 50.3 Å². The third-order valence-electron chi connectivity index (χ3n) is 4.40. The zero-order valence-electron chi connectivity index (χ0n) is 13.7. The number of likely N-dealkylation sites (N-methyl/N-ethyl adjacent to an activating group) is 1. The highest BCUT2D eigenvalue weighted by atomic mass is 16.4. The predicted octanol–water partition coefficient (Wildman–Crippen LogP) is 1.47. The lowest BCUT2D eigenvalue weighted by atomic mass is 10.2. The van der Waals surface area contributed by atoms with Gasteiger partial charge in [-0.1, -0.05) is 0 Å². The minimum Gasteiger partial charge on any atom is -0.445 e. The lowest BCUT2D eigenvalue weighted by Gasteiger charge is -2.23. The highest BCUT2D eigenvalue weighted by Gasteiger charge is 2.26. The molecule has 1 saturated heterocycles. The van der Waals surface area contributed by atoms with Gasteiger partial charge in [0.15, 0.2) is 0 Å². The first-order chi connectivity index (χ1) is 10.6. The molecule has 1 atom stereocenters. The summed E-state index contributed by atoms with van der Waals surface area (Å²) in [7, 11) is 4.13. The second-order valence-corrected chi connectivity index (χ2v) is 6.30. The fraction of sp³-hybridized carbons (Fsp3) is 0.625. The van der Waals surface area contributed by atoms with Crippen molar-refractivity contribution in [2.45, 2.75) is 32.4 Å². The smallest absolute Gasteiger partial charge is 0.208 e. The Morgan fingerprint density at radius 1 is 1.41 bits per heavy atom. The molecule has 22 heavy (non-hydrogen) atoms. The summed E-state index contributed by atoms with van der Waals surface area (Å²) in [6.07, 6.45) is 8.14. The number of aryl methyl sites for hydroxylation is 2. The van der Waals surface area contributed by atoms with Gasteiger partial charge in [0.1, 0.15) is 5.76 Å². The van der Waals surface area contributed by atoms with Gasteiger partial charge >= 0.3 is 0 Å². The van der Waals surface area contributed by atoms with Crippen molar-refractivity contribution >= 4 is 0 Å². The van der Waals surface area contributed by atoms with Crippen molar-refractivity contribution < 1.29 is 4.42 Å². The van der Waals surface area contributed by atoms with E-state index in [1.54, 1.807) is 6.20 Å². The first kappa shape index (κ1) is 15.2. The molecule has 2 aromatic heterocycles. The SMILES string of the molecule is Cc1cnc(CN(C)[C@H]2CCN(CCc3cnn(C)c3)C2)o1. The fourth-order valence-electron chi connectivity index (χ4n) is 3.08. The monoisotopic (exact) mass is 303 g/mol. The molecular formula is C16H25N5O. The lowest BCUT2D eigenvalue weighted by molar-refractivity contribution is 0.206. The molecule has 1 fully saturated rings. The first-order valence-electron chi connectivity index (χ1n) is 7.91. The average Bonchev–Trinajstić information content (AvgIpc) is 3.18.